The predicted molar refractivity (Wildman–Crippen MR) is 71.1 cm³/mol. The summed E-state index contributed by atoms with van der Waals surface area (Å²) < 4.78 is 56.9. The number of benzene rings is 1. The van der Waals surface area contributed by atoms with Crippen LogP contribution in [0.25, 0.3) is 0 Å². The van der Waals surface area contributed by atoms with Crippen molar-refractivity contribution in [1.29, 1.82) is 0 Å². The lowest BCUT2D eigenvalue weighted by atomic mass is 9.77. The molecular formula is C16H20F4. The van der Waals surface area contributed by atoms with Gasteiger partial charge in [-0.25, -0.2) is 0 Å². The molecule has 0 radical (unpaired) electrons. The Morgan fingerprint density at radius 3 is 1.90 bits per heavy atom. The fourth-order valence-corrected chi connectivity index (χ4v) is 2.83. The summed E-state index contributed by atoms with van der Waals surface area (Å²) in [4.78, 5) is 0. The Morgan fingerprint density at radius 1 is 0.900 bits per heavy atom. The smallest absolute Gasteiger partial charge is 0.199 e. The Bertz CT molecular complexity index is 442. The van der Waals surface area contributed by atoms with Gasteiger partial charge in [-0.1, -0.05) is 49.6 Å². The van der Waals surface area contributed by atoms with Crippen molar-refractivity contribution in [2.45, 2.75) is 51.4 Å². The molecule has 1 aliphatic carbocycles. The first-order valence-electron chi connectivity index (χ1n) is 7.08. The van der Waals surface area contributed by atoms with E-state index in [-0.39, 0.29) is 12.8 Å². The molecule has 0 nitrogen and oxygen atoms in total. The normalized spacial score (nSPS) is 24.7. The molecule has 0 aromatic heterocycles. The maximum absolute atomic E-state index is 14.3. The average molecular weight is 288 g/mol. The Hall–Kier alpha value is -1.06. The van der Waals surface area contributed by atoms with Crippen molar-refractivity contribution in [2.24, 2.45) is 11.8 Å². The van der Waals surface area contributed by atoms with Crippen molar-refractivity contribution in [3.63, 3.8) is 0 Å². The van der Waals surface area contributed by atoms with Crippen LogP contribution in [0.5, 0.6) is 0 Å². The van der Waals surface area contributed by atoms with Gasteiger partial charge in [0, 0.05) is 11.5 Å². The second kappa shape index (κ2) is 5.38. The van der Waals surface area contributed by atoms with Crippen LogP contribution in [-0.4, -0.2) is 5.92 Å². The summed E-state index contributed by atoms with van der Waals surface area (Å²) in [5.41, 5.74) is 0.186. The Labute approximate surface area is 117 Å². The van der Waals surface area contributed by atoms with E-state index in [4.69, 9.17) is 0 Å². The summed E-state index contributed by atoms with van der Waals surface area (Å²) in [6.07, 6.45) is 1.56. The van der Waals surface area contributed by atoms with Gasteiger partial charge in [0.1, 0.15) is 0 Å². The zero-order valence-corrected chi connectivity index (χ0v) is 11.8. The van der Waals surface area contributed by atoms with E-state index in [9.17, 15) is 17.6 Å². The zero-order chi connectivity index (χ0) is 15.0. The second-order valence-electron chi connectivity index (χ2n) is 6.02. The summed E-state index contributed by atoms with van der Waals surface area (Å²) in [6.45, 7) is 3.72. The molecule has 0 atom stereocenters. The van der Waals surface area contributed by atoms with Crippen LogP contribution in [0.4, 0.5) is 17.6 Å². The van der Waals surface area contributed by atoms with Crippen molar-refractivity contribution in [3.05, 3.63) is 35.4 Å². The second-order valence-corrected chi connectivity index (χ2v) is 6.02. The van der Waals surface area contributed by atoms with Gasteiger partial charge in [0.05, 0.1) is 0 Å². The highest BCUT2D eigenvalue weighted by Crippen LogP contribution is 2.51. The standard InChI is InChI=1S/C16H20F4/c1-11-3-7-13(8-4-11)15(17,18)16(19,20)14-9-5-12(2)6-10-14/h3-4,7-8,12,14H,5-6,9-10H2,1-2H3. The van der Waals surface area contributed by atoms with Crippen molar-refractivity contribution in [2.75, 3.05) is 0 Å². The molecule has 0 heterocycles. The van der Waals surface area contributed by atoms with Crippen molar-refractivity contribution in [1.82, 2.24) is 0 Å². The lowest BCUT2D eigenvalue weighted by Crippen LogP contribution is -2.45. The van der Waals surface area contributed by atoms with Gasteiger partial charge in [-0.2, -0.15) is 17.6 Å². The van der Waals surface area contributed by atoms with Crippen LogP contribution in [0.1, 0.15) is 43.7 Å². The summed E-state index contributed by atoms with van der Waals surface area (Å²) in [5.74, 6) is -8.96. The van der Waals surface area contributed by atoms with Gasteiger partial charge in [0.25, 0.3) is 0 Å². The topological polar surface area (TPSA) is 0 Å². The third-order valence-corrected chi connectivity index (χ3v) is 4.36. The van der Waals surface area contributed by atoms with Crippen molar-refractivity contribution < 1.29 is 17.6 Å². The highest BCUT2D eigenvalue weighted by atomic mass is 19.3. The lowest BCUT2D eigenvalue weighted by molar-refractivity contribution is -0.249. The molecule has 1 saturated carbocycles. The molecule has 0 unspecified atom stereocenters. The van der Waals surface area contributed by atoms with E-state index < -0.39 is 23.3 Å². The highest BCUT2D eigenvalue weighted by Gasteiger charge is 2.61. The molecule has 1 aromatic carbocycles. The molecule has 0 aliphatic heterocycles. The van der Waals surface area contributed by atoms with E-state index in [1.807, 2.05) is 6.92 Å². The third kappa shape index (κ3) is 2.70. The molecule has 4 heteroatoms. The van der Waals surface area contributed by atoms with Crippen molar-refractivity contribution in [3.8, 4) is 0 Å². The number of halogens is 4. The third-order valence-electron chi connectivity index (χ3n) is 4.36. The van der Waals surface area contributed by atoms with Gasteiger partial charge in [-0.15, -0.1) is 0 Å². The zero-order valence-electron chi connectivity index (χ0n) is 11.8. The van der Waals surface area contributed by atoms with Gasteiger partial charge >= 0.3 is 11.8 Å². The average Bonchev–Trinajstić information content (AvgIpc) is 2.39. The van der Waals surface area contributed by atoms with Crippen LogP contribution < -0.4 is 0 Å². The van der Waals surface area contributed by atoms with E-state index in [0.717, 1.165) is 17.7 Å². The fourth-order valence-electron chi connectivity index (χ4n) is 2.83. The highest BCUT2D eigenvalue weighted by molar-refractivity contribution is 5.27. The van der Waals surface area contributed by atoms with Crippen LogP contribution >= 0.6 is 0 Å². The molecule has 0 amide bonds. The monoisotopic (exact) mass is 288 g/mol. The number of hydrogen-bond acceptors (Lipinski definition) is 0. The van der Waals surface area contributed by atoms with E-state index >= 15 is 0 Å². The van der Waals surface area contributed by atoms with Gasteiger partial charge in [0.15, 0.2) is 0 Å². The minimum Gasteiger partial charge on any atom is -0.199 e. The molecule has 0 bridgehead atoms. The molecular weight excluding hydrogens is 268 g/mol. The number of aryl methyl sites for hydroxylation is 1. The first-order chi connectivity index (χ1) is 9.25. The minimum atomic E-state index is -4.11. The van der Waals surface area contributed by atoms with E-state index in [1.54, 1.807) is 6.92 Å². The summed E-state index contributed by atoms with van der Waals surface area (Å²) in [5, 5.41) is 0. The molecule has 1 aliphatic rings. The van der Waals surface area contributed by atoms with Gasteiger partial charge in [-0.3, -0.25) is 0 Å². The first-order valence-corrected chi connectivity index (χ1v) is 7.08. The molecule has 1 aromatic rings. The quantitative estimate of drug-likeness (QED) is 0.640. The Balaban J connectivity index is 2.24. The Morgan fingerprint density at radius 2 is 1.40 bits per heavy atom. The summed E-state index contributed by atoms with van der Waals surface area (Å²) >= 11 is 0. The van der Waals surface area contributed by atoms with Crippen molar-refractivity contribution >= 4 is 0 Å². The van der Waals surface area contributed by atoms with E-state index in [2.05, 4.69) is 0 Å². The van der Waals surface area contributed by atoms with Crippen LogP contribution in [0.3, 0.4) is 0 Å². The maximum Gasteiger partial charge on any atom is 0.335 e. The molecule has 2 rings (SSSR count). The molecule has 0 N–H and O–H groups in total. The fraction of sp³-hybridized carbons (Fsp3) is 0.625. The molecule has 112 valence electrons. The molecule has 1 fully saturated rings. The molecule has 0 saturated heterocycles. The van der Waals surface area contributed by atoms with Crippen LogP contribution in [-0.2, 0) is 5.92 Å². The van der Waals surface area contributed by atoms with E-state index in [0.29, 0.717) is 18.8 Å². The largest absolute Gasteiger partial charge is 0.335 e. The van der Waals surface area contributed by atoms with Crippen LogP contribution in [0.2, 0.25) is 0 Å². The number of hydrogen-bond donors (Lipinski definition) is 0. The van der Waals surface area contributed by atoms with Gasteiger partial charge < -0.3 is 0 Å². The van der Waals surface area contributed by atoms with Crippen LogP contribution in [0, 0.1) is 18.8 Å². The predicted octanol–water partition coefficient (Wildman–Crippen LogP) is 5.55. The summed E-state index contributed by atoms with van der Waals surface area (Å²) in [6, 6.07) is 5.11. The molecule has 20 heavy (non-hydrogen) atoms. The maximum atomic E-state index is 14.3. The summed E-state index contributed by atoms with van der Waals surface area (Å²) in [7, 11) is 0. The van der Waals surface area contributed by atoms with Gasteiger partial charge in [0.2, 0.25) is 0 Å². The Kier molecular flexibility index (Phi) is 4.12. The number of rotatable bonds is 3. The molecule has 0 spiro atoms. The SMILES string of the molecule is Cc1ccc(C(F)(F)C(F)(F)C2CCC(C)CC2)cc1. The van der Waals surface area contributed by atoms with Crippen LogP contribution in [0.15, 0.2) is 24.3 Å². The van der Waals surface area contributed by atoms with Gasteiger partial charge in [-0.05, 0) is 25.7 Å². The first kappa shape index (κ1) is 15.3. The van der Waals surface area contributed by atoms with E-state index in [1.165, 1.54) is 12.1 Å². The minimum absolute atomic E-state index is 0.176. The number of alkyl halides is 4. The lowest BCUT2D eigenvalue weighted by Gasteiger charge is -2.37.